The van der Waals surface area contributed by atoms with Gasteiger partial charge in [0.1, 0.15) is 5.75 Å². The van der Waals surface area contributed by atoms with Gasteiger partial charge in [0.05, 0.1) is 22.9 Å². The normalized spacial score (nSPS) is 10.8. The third-order valence-electron chi connectivity index (χ3n) is 4.91. The van der Waals surface area contributed by atoms with E-state index in [1.165, 1.54) is 5.56 Å². The fraction of sp³-hybridized carbons (Fsp3) is 0.160. The SMILES string of the molecule is Cc1cc(C)c(NC(=O)COc2ccc(-c3cnc4ccccc4n3)cc2)c(C)c1. The first-order valence-electron chi connectivity index (χ1n) is 9.82. The van der Waals surface area contributed by atoms with Crippen LogP contribution in [0.2, 0.25) is 0 Å². The molecule has 3 aromatic carbocycles. The maximum Gasteiger partial charge on any atom is 0.262 e. The van der Waals surface area contributed by atoms with E-state index in [4.69, 9.17) is 4.74 Å². The van der Waals surface area contributed by atoms with Gasteiger partial charge in [-0.05, 0) is 68.3 Å². The minimum Gasteiger partial charge on any atom is -0.484 e. The predicted molar refractivity (Wildman–Crippen MR) is 120 cm³/mol. The molecule has 0 saturated heterocycles. The topological polar surface area (TPSA) is 64.1 Å². The van der Waals surface area contributed by atoms with Crippen LogP contribution in [0.1, 0.15) is 16.7 Å². The Morgan fingerprint density at radius 3 is 2.30 bits per heavy atom. The van der Waals surface area contributed by atoms with Gasteiger partial charge >= 0.3 is 0 Å². The number of hydrogen-bond donors (Lipinski definition) is 1. The minimum absolute atomic E-state index is 0.0537. The van der Waals surface area contributed by atoms with Crippen molar-refractivity contribution in [2.45, 2.75) is 20.8 Å². The highest BCUT2D eigenvalue weighted by atomic mass is 16.5. The van der Waals surface area contributed by atoms with E-state index in [1.54, 1.807) is 6.20 Å². The molecule has 0 bridgehead atoms. The lowest BCUT2D eigenvalue weighted by atomic mass is 10.1. The Hall–Kier alpha value is -3.73. The summed E-state index contributed by atoms with van der Waals surface area (Å²) in [6.45, 7) is 5.97. The molecule has 0 radical (unpaired) electrons. The maximum absolute atomic E-state index is 12.3. The second-order valence-electron chi connectivity index (χ2n) is 7.38. The van der Waals surface area contributed by atoms with Crippen LogP contribution in [0.5, 0.6) is 5.75 Å². The number of para-hydroxylation sites is 2. The molecule has 4 rings (SSSR count). The molecule has 0 aliphatic rings. The molecule has 0 saturated carbocycles. The summed E-state index contributed by atoms with van der Waals surface area (Å²) < 4.78 is 5.66. The molecular formula is C25H23N3O2. The van der Waals surface area contributed by atoms with Gasteiger partial charge in [-0.2, -0.15) is 0 Å². The number of hydrogen-bond acceptors (Lipinski definition) is 4. The van der Waals surface area contributed by atoms with E-state index in [2.05, 4.69) is 27.4 Å². The number of nitrogens with one attached hydrogen (secondary N) is 1. The lowest BCUT2D eigenvalue weighted by Crippen LogP contribution is -2.21. The second-order valence-corrected chi connectivity index (χ2v) is 7.38. The Labute approximate surface area is 175 Å². The monoisotopic (exact) mass is 397 g/mol. The molecule has 5 nitrogen and oxygen atoms in total. The molecular weight excluding hydrogens is 374 g/mol. The van der Waals surface area contributed by atoms with Gasteiger partial charge in [-0.15, -0.1) is 0 Å². The Morgan fingerprint density at radius 1 is 0.933 bits per heavy atom. The van der Waals surface area contributed by atoms with E-state index in [0.29, 0.717) is 5.75 Å². The van der Waals surface area contributed by atoms with Crippen LogP contribution in [-0.4, -0.2) is 22.5 Å². The Bertz CT molecular complexity index is 1190. The van der Waals surface area contributed by atoms with Crippen LogP contribution in [-0.2, 0) is 4.79 Å². The van der Waals surface area contributed by atoms with Crippen molar-refractivity contribution in [3.8, 4) is 17.0 Å². The summed E-state index contributed by atoms with van der Waals surface area (Å²) in [7, 11) is 0. The van der Waals surface area contributed by atoms with E-state index in [0.717, 1.165) is 39.1 Å². The van der Waals surface area contributed by atoms with Gasteiger partial charge in [0.2, 0.25) is 0 Å². The number of carbonyl (C=O) groups is 1. The van der Waals surface area contributed by atoms with Gasteiger partial charge < -0.3 is 10.1 Å². The van der Waals surface area contributed by atoms with Gasteiger partial charge in [-0.3, -0.25) is 9.78 Å². The molecule has 0 aliphatic carbocycles. The fourth-order valence-electron chi connectivity index (χ4n) is 3.52. The average Bonchev–Trinajstić information content (AvgIpc) is 2.75. The summed E-state index contributed by atoms with van der Waals surface area (Å²) >= 11 is 0. The van der Waals surface area contributed by atoms with Crippen molar-refractivity contribution in [2.24, 2.45) is 0 Å². The Morgan fingerprint density at radius 2 is 1.60 bits per heavy atom. The highest BCUT2D eigenvalue weighted by Crippen LogP contribution is 2.23. The number of aromatic nitrogens is 2. The number of aryl methyl sites for hydroxylation is 3. The molecule has 0 spiro atoms. The van der Waals surface area contributed by atoms with Gasteiger partial charge in [0, 0.05) is 11.3 Å². The third-order valence-corrected chi connectivity index (χ3v) is 4.91. The van der Waals surface area contributed by atoms with Crippen molar-refractivity contribution in [1.82, 2.24) is 9.97 Å². The van der Waals surface area contributed by atoms with E-state index in [1.807, 2.05) is 69.3 Å². The molecule has 1 heterocycles. The van der Waals surface area contributed by atoms with Gasteiger partial charge in [-0.25, -0.2) is 4.98 Å². The summed E-state index contributed by atoms with van der Waals surface area (Å²) in [4.78, 5) is 21.4. The lowest BCUT2D eigenvalue weighted by molar-refractivity contribution is -0.118. The first kappa shape index (κ1) is 19.6. The van der Waals surface area contributed by atoms with Crippen molar-refractivity contribution in [2.75, 3.05) is 11.9 Å². The van der Waals surface area contributed by atoms with Gasteiger partial charge in [0.25, 0.3) is 5.91 Å². The summed E-state index contributed by atoms with van der Waals surface area (Å²) in [6, 6.07) is 19.4. The van der Waals surface area contributed by atoms with Crippen LogP contribution in [0.15, 0.2) is 66.9 Å². The van der Waals surface area contributed by atoms with E-state index >= 15 is 0 Å². The van der Waals surface area contributed by atoms with E-state index in [-0.39, 0.29) is 12.5 Å². The zero-order valence-corrected chi connectivity index (χ0v) is 17.3. The lowest BCUT2D eigenvalue weighted by Gasteiger charge is -2.13. The number of fused-ring (bicyclic) bond motifs is 1. The average molecular weight is 397 g/mol. The van der Waals surface area contributed by atoms with Crippen molar-refractivity contribution >= 4 is 22.6 Å². The first-order valence-corrected chi connectivity index (χ1v) is 9.82. The van der Waals surface area contributed by atoms with Crippen molar-refractivity contribution in [1.29, 1.82) is 0 Å². The molecule has 0 aliphatic heterocycles. The van der Waals surface area contributed by atoms with Crippen LogP contribution in [0, 0.1) is 20.8 Å². The number of amides is 1. The number of benzene rings is 3. The highest BCUT2D eigenvalue weighted by molar-refractivity contribution is 5.93. The first-order chi connectivity index (χ1) is 14.5. The number of carbonyl (C=O) groups excluding carboxylic acids is 1. The molecule has 0 fully saturated rings. The molecule has 1 aromatic heterocycles. The number of rotatable bonds is 5. The highest BCUT2D eigenvalue weighted by Gasteiger charge is 2.09. The number of ether oxygens (including phenoxy) is 1. The molecule has 5 heteroatoms. The molecule has 150 valence electrons. The Kier molecular flexibility index (Phi) is 5.44. The molecule has 0 unspecified atom stereocenters. The molecule has 1 amide bonds. The molecule has 4 aromatic rings. The summed E-state index contributed by atoms with van der Waals surface area (Å²) in [6.07, 6.45) is 1.76. The molecule has 1 N–H and O–H groups in total. The number of anilines is 1. The maximum atomic E-state index is 12.3. The van der Waals surface area contributed by atoms with Crippen LogP contribution >= 0.6 is 0 Å². The molecule has 0 atom stereocenters. The van der Waals surface area contributed by atoms with Crippen LogP contribution in [0.3, 0.4) is 0 Å². The van der Waals surface area contributed by atoms with E-state index in [9.17, 15) is 4.79 Å². The van der Waals surface area contributed by atoms with E-state index < -0.39 is 0 Å². The zero-order valence-electron chi connectivity index (χ0n) is 17.3. The van der Waals surface area contributed by atoms with Gasteiger partial charge in [-0.1, -0.05) is 29.8 Å². The number of nitrogens with zero attached hydrogens (tertiary/aromatic N) is 2. The van der Waals surface area contributed by atoms with Crippen molar-refractivity contribution < 1.29 is 9.53 Å². The second kappa shape index (κ2) is 8.33. The summed E-state index contributed by atoms with van der Waals surface area (Å²) in [5.74, 6) is 0.439. The zero-order chi connectivity index (χ0) is 21.1. The van der Waals surface area contributed by atoms with Crippen LogP contribution in [0.4, 0.5) is 5.69 Å². The fourth-order valence-corrected chi connectivity index (χ4v) is 3.52. The van der Waals surface area contributed by atoms with Crippen LogP contribution in [0.25, 0.3) is 22.3 Å². The largest absolute Gasteiger partial charge is 0.484 e. The minimum atomic E-state index is -0.186. The van der Waals surface area contributed by atoms with Crippen molar-refractivity contribution in [3.05, 3.63) is 83.6 Å². The third kappa shape index (κ3) is 4.30. The smallest absolute Gasteiger partial charge is 0.262 e. The Balaban J connectivity index is 1.40. The van der Waals surface area contributed by atoms with Crippen molar-refractivity contribution in [3.63, 3.8) is 0 Å². The van der Waals surface area contributed by atoms with Crippen LogP contribution < -0.4 is 10.1 Å². The quantitative estimate of drug-likeness (QED) is 0.500. The summed E-state index contributed by atoms with van der Waals surface area (Å²) in [5, 5.41) is 2.95. The summed E-state index contributed by atoms with van der Waals surface area (Å²) in [5.41, 5.74) is 7.57. The molecule has 30 heavy (non-hydrogen) atoms. The standard InChI is InChI=1S/C25H23N3O2/c1-16-12-17(2)25(18(3)13-16)28-24(29)15-30-20-10-8-19(9-11-20)23-14-26-21-6-4-5-7-22(21)27-23/h4-14H,15H2,1-3H3,(H,28,29). The van der Waals surface area contributed by atoms with Gasteiger partial charge in [0.15, 0.2) is 6.61 Å². The predicted octanol–water partition coefficient (Wildman–Crippen LogP) is 5.24.